The molecule has 0 radical (unpaired) electrons. The number of imidazole rings is 1. The number of ether oxygens (including phenoxy) is 1. The van der Waals surface area contributed by atoms with Gasteiger partial charge in [-0.1, -0.05) is 38.5 Å². The highest BCUT2D eigenvalue weighted by Gasteiger charge is 2.11. The number of aryl methyl sites for hydroxylation is 1. The maximum atomic E-state index is 12.2. The van der Waals surface area contributed by atoms with Crippen molar-refractivity contribution in [1.29, 1.82) is 0 Å². The second kappa shape index (κ2) is 9.11. The molecule has 0 saturated heterocycles. The van der Waals surface area contributed by atoms with Crippen molar-refractivity contribution in [1.82, 2.24) is 9.13 Å². The third-order valence-corrected chi connectivity index (χ3v) is 3.84. The van der Waals surface area contributed by atoms with Crippen LogP contribution in [0.4, 0.5) is 0 Å². The Morgan fingerprint density at radius 1 is 1.12 bits per heavy atom. The van der Waals surface area contributed by atoms with E-state index in [0.717, 1.165) is 18.6 Å². The number of carbonyl (C=O) groups excluding carboxylic acids is 1. The first-order valence-electron chi connectivity index (χ1n) is 8.57. The van der Waals surface area contributed by atoms with Gasteiger partial charge in [0.15, 0.2) is 0 Å². The molecule has 1 heterocycles. The molecule has 24 heavy (non-hydrogen) atoms. The van der Waals surface area contributed by atoms with Crippen LogP contribution in [0.15, 0.2) is 47.5 Å². The summed E-state index contributed by atoms with van der Waals surface area (Å²) in [7, 11) is 0. The van der Waals surface area contributed by atoms with Crippen molar-refractivity contribution in [2.75, 3.05) is 6.61 Å². The van der Waals surface area contributed by atoms with Crippen LogP contribution in [0.5, 0.6) is 5.75 Å². The number of nitrogens with zero attached hydrogens (tertiary/aromatic N) is 2. The lowest BCUT2D eigenvalue weighted by molar-refractivity contribution is 0.0893. The fourth-order valence-electron chi connectivity index (χ4n) is 2.50. The Morgan fingerprint density at radius 3 is 2.58 bits per heavy atom. The summed E-state index contributed by atoms with van der Waals surface area (Å²) in [6.45, 7) is 5.33. The molecule has 0 saturated carbocycles. The van der Waals surface area contributed by atoms with Crippen LogP contribution in [0.3, 0.4) is 0 Å². The van der Waals surface area contributed by atoms with Gasteiger partial charge in [-0.3, -0.25) is 9.36 Å². The molecule has 0 aliphatic carbocycles. The first-order chi connectivity index (χ1) is 11.6. The fraction of sp³-hybridized carbons (Fsp3) is 0.474. The summed E-state index contributed by atoms with van der Waals surface area (Å²) < 4.78 is 8.39. The molecule has 0 aliphatic heterocycles. The highest BCUT2D eigenvalue weighted by Crippen LogP contribution is 2.09. The van der Waals surface area contributed by atoms with E-state index in [1.165, 1.54) is 4.57 Å². The second-order valence-corrected chi connectivity index (χ2v) is 6.34. The summed E-state index contributed by atoms with van der Waals surface area (Å²) in [6, 6.07) is 9.58. The van der Waals surface area contributed by atoms with Crippen molar-refractivity contribution < 1.29 is 9.53 Å². The number of aromatic nitrogens is 2. The molecule has 0 atom stereocenters. The van der Waals surface area contributed by atoms with Crippen molar-refractivity contribution in [2.24, 2.45) is 5.92 Å². The first-order valence-corrected chi connectivity index (χ1v) is 8.57. The van der Waals surface area contributed by atoms with E-state index in [9.17, 15) is 9.59 Å². The van der Waals surface area contributed by atoms with Crippen LogP contribution < -0.4 is 10.4 Å². The normalized spacial score (nSPS) is 11.0. The Kier molecular flexibility index (Phi) is 6.85. The lowest BCUT2D eigenvalue weighted by atomic mass is 10.1. The summed E-state index contributed by atoms with van der Waals surface area (Å²) in [6.07, 6.45) is 6.18. The summed E-state index contributed by atoms with van der Waals surface area (Å²) in [4.78, 5) is 24.3. The Bertz CT molecular complexity index is 686. The minimum Gasteiger partial charge on any atom is -0.494 e. The second-order valence-electron chi connectivity index (χ2n) is 6.34. The summed E-state index contributed by atoms with van der Waals surface area (Å²) in [5, 5.41) is 0. The number of benzene rings is 1. The summed E-state index contributed by atoms with van der Waals surface area (Å²) >= 11 is 0. The molecular weight excluding hydrogens is 304 g/mol. The van der Waals surface area contributed by atoms with Crippen LogP contribution in [0.1, 0.15) is 44.3 Å². The van der Waals surface area contributed by atoms with E-state index in [-0.39, 0.29) is 11.6 Å². The van der Waals surface area contributed by atoms with Gasteiger partial charge in [0.05, 0.1) is 6.61 Å². The fourth-order valence-corrected chi connectivity index (χ4v) is 2.50. The molecular formula is C19H26N2O3. The largest absolute Gasteiger partial charge is 0.494 e. The average molecular weight is 330 g/mol. The van der Waals surface area contributed by atoms with E-state index in [0.29, 0.717) is 31.9 Å². The Hall–Kier alpha value is -2.30. The molecule has 0 fully saturated rings. The van der Waals surface area contributed by atoms with Crippen molar-refractivity contribution in [3.63, 3.8) is 0 Å². The van der Waals surface area contributed by atoms with E-state index >= 15 is 0 Å². The molecule has 0 N–H and O–H groups in total. The van der Waals surface area contributed by atoms with Crippen LogP contribution in [0.2, 0.25) is 0 Å². The van der Waals surface area contributed by atoms with Gasteiger partial charge in [-0.2, -0.15) is 0 Å². The van der Waals surface area contributed by atoms with Crippen molar-refractivity contribution >= 4 is 5.91 Å². The molecule has 5 heteroatoms. The van der Waals surface area contributed by atoms with Gasteiger partial charge in [-0.15, -0.1) is 0 Å². The molecule has 130 valence electrons. The Morgan fingerprint density at radius 2 is 1.88 bits per heavy atom. The lowest BCUT2D eigenvalue weighted by Crippen LogP contribution is -2.29. The number of hydrogen-bond acceptors (Lipinski definition) is 3. The van der Waals surface area contributed by atoms with Gasteiger partial charge in [0, 0.05) is 25.4 Å². The SMILES string of the molecule is CC(C)CCCC(=O)n1ccn(CCCOc2ccccc2)c1=O. The topological polar surface area (TPSA) is 53.2 Å². The van der Waals surface area contributed by atoms with Crippen LogP contribution in [0, 0.1) is 5.92 Å². The number of carbonyl (C=O) groups is 1. The van der Waals surface area contributed by atoms with Gasteiger partial charge >= 0.3 is 5.69 Å². The van der Waals surface area contributed by atoms with Crippen molar-refractivity contribution in [3.05, 3.63) is 53.2 Å². The lowest BCUT2D eigenvalue weighted by Gasteiger charge is -2.06. The molecule has 2 rings (SSSR count). The average Bonchev–Trinajstić information content (AvgIpc) is 2.93. The van der Waals surface area contributed by atoms with E-state index in [1.807, 2.05) is 30.3 Å². The zero-order chi connectivity index (χ0) is 17.4. The molecule has 2 aromatic rings. The number of rotatable bonds is 9. The van der Waals surface area contributed by atoms with E-state index in [4.69, 9.17) is 4.74 Å². The third kappa shape index (κ3) is 5.41. The van der Waals surface area contributed by atoms with Gasteiger partial charge in [0.25, 0.3) is 0 Å². The zero-order valence-corrected chi connectivity index (χ0v) is 14.5. The Labute approximate surface area is 142 Å². The molecule has 0 aliphatic rings. The van der Waals surface area contributed by atoms with Crippen molar-refractivity contribution in [3.8, 4) is 5.75 Å². The molecule has 1 aromatic heterocycles. The van der Waals surface area contributed by atoms with Gasteiger partial charge in [0.1, 0.15) is 5.75 Å². The molecule has 0 amide bonds. The van der Waals surface area contributed by atoms with Crippen LogP contribution in [-0.4, -0.2) is 21.6 Å². The minimum atomic E-state index is -0.260. The first kappa shape index (κ1) is 18.0. The molecule has 0 spiro atoms. The maximum absolute atomic E-state index is 12.2. The minimum absolute atomic E-state index is 0.125. The summed E-state index contributed by atoms with van der Waals surface area (Å²) in [5.41, 5.74) is -0.260. The van der Waals surface area contributed by atoms with Crippen LogP contribution in [-0.2, 0) is 6.54 Å². The maximum Gasteiger partial charge on any atom is 0.334 e. The standard InChI is InChI=1S/C19H26N2O3/c1-16(2)8-6-11-18(22)21-14-13-20(19(21)23)12-7-15-24-17-9-4-3-5-10-17/h3-5,9-10,13-14,16H,6-8,11-12,15H2,1-2H3. The molecule has 1 aromatic carbocycles. The van der Waals surface area contributed by atoms with E-state index in [2.05, 4.69) is 13.8 Å². The van der Waals surface area contributed by atoms with Crippen molar-refractivity contribution in [2.45, 2.75) is 46.1 Å². The molecule has 0 bridgehead atoms. The van der Waals surface area contributed by atoms with Gasteiger partial charge in [0.2, 0.25) is 5.91 Å². The predicted octanol–water partition coefficient (Wildman–Crippen LogP) is 3.59. The number of hydrogen-bond donors (Lipinski definition) is 0. The summed E-state index contributed by atoms with van der Waals surface area (Å²) in [5.74, 6) is 1.27. The smallest absolute Gasteiger partial charge is 0.334 e. The van der Waals surface area contributed by atoms with Gasteiger partial charge in [-0.05, 0) is 30.9 Å². The Balaban J connectivity index is 1.79. The monoisotopic (exact) mass is 330 g/mol. The predicted molar refractivity (Wildman–Crippen MR) is 94.6 cm³/mol. The van der Waals surface area contributed by atoms with Crippen LogP contribution in [0.25, 0.3) is 0 Å². The third-order valence-electron chi connectivity index (χ3n) is 3.84. The quantitative estimate of drug-likeness (QED) is 0.660. The molecule has 5 nitrogen and oxygen atoms in total. The van der Waals surface area contributed by atoms with E-state index in [1.54, 1.807) is 17.0 Å². The van der Waals surface area contributed by atoms with Crippen LogP contribution >= 0.6 is 0 Å². The highest BCUT2D eigenvalue weighted by molar-refractivity contribution is 5.78. The zero-order valence-electron chi connectivity index (χ0n) is 14.5. The molecule has 0 unspecified atom stereocenters. The van der Waals surface area contributed by atoms with Gasteiger partial charge in [-0.25, -0.2) is 9.36 Å². The highest BCUT2D eigenvalue weighted by atomic mass is 16.5. The van der Waals surface area contributed by atoms with E-state index < -0.39 is 0 Å². The van der Waals surface area contributed by atoms with Gasteiger partial charge < -0.3 is 4.74 Å². The number of para-hydroxylation sites is 1.